The normalized spacial score (nSPS) is 19.9. The fraction of sp³-hybridized carbons (Fsp3) is 1.00. The fourth-order valence-corrected chi connectivity index (χ4v) is 3.40. The number of rotatable bonds is 10. The molecule has 1 saturated heterocycles. The van der Waals surface area contributed by atoms with E-state index in [1.54, 1.807) is 0 Å². The highest BCUT2D eigenvalue weighted by Gasteiger charge is 2.30. The first kappa shape index (κ1) is 18.9. The average Bonchev–Trinajstić information content (AvgIpc) is 2.54. The lowest BCUT2D eigenvalue weighted by Crippen LogP contribution is -2.53. The van der Waals surface area contributed by atoms with E-state index in [4.69, 9.17) is 0 Å². The monoisotopic (exact) mass is 297 g/mol. The zero-order chi connectivity index (χ0) is 15.7. The molecule has 1 rings (SSSR count). The van der Waals surface area contributed by atoms with Gasteiger partial charge in [0.1, 0.15) is 0 Å². The summed E-state index contributed by atoms with van der Waals surface area (Å²) in [5.74, 6) is 0. The van der Waals surface area contributed by atoms with Crippen LogP contribution in [0.4, 0.5) is 0 Å². The van der Waals surface area contributed by atoms with Crippen molar-refractivity contribution in [1.29, 1.82) is 0 Å². The minimum absolute atomic E-state index is 0.466. The molecule has 3 nitrogen and oxygen atoms in total. The lowest BCUT2D eigenvalue weighted by molar-refractivity contribution is 0.0614. The molecule has 0 saturated carbocycles. The van der Waals surface area contributed by atoms with Gasteiger partial charge in [0, 0.05) is 45.3 Å². The van der Waals surface area contributed by atoms with Gasteiger partial charge < -0.3 is 10.2 Å². The Morgan fingerprint density at radius 2 is 1.62 bits per heavy atom. The molecule has 0 aliphatic carbocycles. The van der Waals surface area contributed by atoms with Crippen molar-refractivity contribution in [1.82, 2.24) is 15.1 Å². The third kappa shape index (κ3) is 5.88. The van der Waals surface area contributed by atoms with E-state index >= 15 is 0 Å². The summed E-state index contributed by atoms with van der Waals surface area (Å²) in [5, 5.41) is 3.67. The minimum atomic E-state index is 0.466. The van der Waals surface area contributed by atoms with E-state index in [-0.39, 0.29) is 0 Å². The van der Waals surface area contributed by atoms with Crippen LogP contribution in [0.5, 0.6) is 0 Å². The van der Waals surface area contributed by atoms with Crippen LogP contribution < -0.4 is 5.32 Å². The Hall–Kier alpha value is -0.120. The van der Waals surface area contributed by atoms with Gasteiger partial charge in [-0.05, 0) is 44.6 Å². The van der Waals surface area contributed by atoms with Gasteiger partial charge in [-0.1, -0.05) is 27.7 Å². The highest BCUT2D eigenvalue weighted by atomic mass is 15.3. The maximum absolute atomic E-state index is 3.67. The molecule has 1 fully saturated rings. The topological polar surface area (TPSA) is 18.5 Å². The van der Waals surface area contributed by atoms with Gasteiger partial charge in [0.05, 0.1) is 0 Å². The predicted octanol–water partition coefficient (Wildman–Crippen LogP) is 3.21. The Labute approximate surface area is 133 Å². The lowest BCUT2D eigenvalue weighted by atomic mass is 9.81. The van der Waals surface area contributed by atoms with Crippen molar-refractivity contribution in [3.05, 3.63) is 0 Å². The zero-order valence-electron chi connectivity index (χ0n) is 15.2. The van der Waals surface area contributed by atoms with Crippen molar-refractivity contribution in [2.75, 3.05) is 45.8 Å². The van der Waals surface area contributed by atoms with Crippen molar-refractivity contribution in [2.45, 2.75) is 66.3 Å². The summed E-state index contributed by atoms with van der Waals surface area (Å²) in [4.78, 5) is 5.37. The molecule has 0 aromatic carbocycles. The molecule has 1 N–H and O–H groups in total. The summed E-state index contributed by atoms with van der Waals surface area (Å²) in [6.07, 6.45) is 5.07. The van der Waals surface area contributed by atoms with Gasteiger partial charge in [-0.15, -0.1) is 0 Å². The Bertz CT molecular complexity index is 255. The fourth-order valence-electron chi connectivity index (χ4n) is 3.40. The first-order valence-corrected chi connectivity index (χ1v) is 9.27. The number of nitrogens with zero attached hydrogens (tertiary/aromatic N) is 2. The minimum Gasteiger partial charge on any atom is -0.316 e. The standard InChI is InChI=1S/C18H39N3/c1-6-10-19-15-18(8-3,9-4)16-20-11-13-21(14-12-20)17(5)7-2/h17,19H,6-16H2,1-5H3. The van der Waals surface area contributed by atoms with Crippen molar-refractivity contribution in [2.24, 2.45) is 5.41 Å². The number of hydrogen-bond acceptors (Lipinski definition) is 3. The summed E-state index contributed by atoms with van der Waals surface area (Å²) in [6, 6.07) is 0.750. The Kier molecular flexibility index (Phi) is 8.84. The molecule has 0 amide bonds. The van der Waals surface area contributed by atoms with Gasteiger partial charge in [-0.2, -0.15) is 0 Å². The van der Waals surface area contributed by atoms with Crippen LogP contribution in [-0.4, -0.2) is 61.7 Å². The van der Waals surface area contributed by atoms with Crippen LogP contribution in [-0.2, 0) is 0 Å². The quantitative estimate of drug-likeness (QED) is 0.625. The van der Waals surface area contributed by atoms with E-state index < -0.39 is 0 Å². The molecule has 0 aromatic rings. The molecule has 1 unspecified atom stereocenters. The van der Waals surface area contributed by atoms with E-state index in [0.717, 1.165) is 12.6 Å². The molecular weight excluding hydrogens is 258 g/mol. The Balaban J connectivity index is 2.45. The Morgan fingerprint density at radius 1 is 1.00 bits per heavy atom. The van der Waals surface area contributed by atoms with E-state index in [1.165, 1.54) is 65.0 Å². The molecule has 3 heteroatoms. The van der Waals surface area contributed by atoms with Crippen molar-refractivity contribution < 1.29 is 0 Å². The molecule has 0 bridgehead atoms. The molecule has 0 aromatic heterocycles. The van der Waals surface area contributed by atoms with E-state index in [2.05, 4.69) is 49.7 Å². The summed E-state index contributed by atoms with van der Waals surface area (Å²) in [5.41, 5.74) is 0.466. The first-order chi connectivity index (χ1) is 10.1. The molecule has 0 spiro atoms. The van der Waals surface area contributed by atoms with Gasteiger partial charge in [-0.3, -0.25) is 4.90 Å². The zero-order valence-corrected chi connectivity index (χ0v) is 15.2. The number of piperazine rings is 1. The summed E-state index contributed by atoms with van der Waals surface area (Å²) in [6.45, 7) is 20.3. The summed E-state index contributed by atoms with van der Waals surface area (Å²) < 4.78 is 0. The van der Waals surface area contributed by atoms with Crippen LogP contribution in [0.1, 0.15) is 60.3 Å². The van der Waals surface area contributed by atoms with E-state index in [1.807, 2.05) is 0 Å². The molecule has 21 heavy (non-hydrogen) atoms. The van der Waals surface area contributed by atoms with Crippen LogP contribution in [0.2, 0.25) is 0 Å². The van der Waals surface area contributed by atoms with Crippen molar-refractivity contribution >= 4 is 0 Å². The second-order valence-electron chi connectivity index (χ2n) is 6.95. The third-order valence-corrected chi connectivity index (χ3v) is 5.61. The largest absolute Gasteiger partial charge is 0.316 e. The van der Waals surface area contributed by atoms with Crippen LogP contribution in [0.25, 0.3) is 0 Å². The smallest absolute Gasteiger partial charge is 0.0113 e. The molecule has 0 radical (unpaired) electrons. The molecule has 1 heterocycles. The highest BCUT2D eigenvalue weighted by molar-refractivity contribution is 4.85. The van der Waals surface area contributed by atoms with Crippen molar-refractivity contribution in [3.63, 3.8) is 0 Å². The van der Waals surface area contributed by atoms with Crippen LogP contribution in [0, 0.1) is 5.41 Å². The summed E-state index contributed by atoms with van der Waals surface area (Å²) >= 11 is 0. The molecule has 1 aliphatic heterocycles. The maximum atomic E-state index is 3.67. The van der Waals surface area contributed by atoms with Gasteiger partial charge in [0.25, 0.3) is 0 Å². The predicted molar refractivity (Wildman–Crippen MR) is 93.9 cm³/mol. The van der Waals surface area contributed by atoms with Gasteiger partial charge in [0.15, 0.2) is 0 Å². The van der Waals surface area contributed by atoms with Gasteiger partial charge >= 0.3 is 0 Å². The average molecular weight is 298 g/mol. The van der Waals surface area contributed by atoms with Crippen LogP contribution in [0.3, 0.4) is 0 Å². The summed E-state index contributed by atoms with van der Waals surface area (Å²) in [7, 11) is 0. The number of hydrogen-bond donors (Lipinski definition) is 1. The Morgan fingerprint density at radius 3 is 2.10 bits per heavy atom. The second-order valence-corrected chi connectivity index (χ2v) is 6.95. The van der Waals surface area contributed by atoms with Crippen LogP contribution in [0.15, 0.2) is 0 Å². The first-order valence-electron chi connectivity index (χ1n) is 9.27. The molecule has 1 atom stereocenters. The van der Waals surface area contributed by atoms with E-state index in [9.17, 15) is 0 Å². The van der Waals surface area contributed by atoms with Gasteiger partial charge in [-0.25, -0.2) is 0 Å². The maximum Gasteiger partial charge on any atom is 0.0113 e. The SMILES string of the molecule is CCCNCC(CC)(CC)CN1CCN(C(C)CC)CC1. The third-order valence-electron chi connectivity index (χ3n) is 5.61. The highest BCUT2D eigenvalue weighted by Crippen LogP contribution is 2.27. The molecular formula is C18H39N3. The molecule has 1 aliphatic rings. The van der Waals surface area contributed by atoms with Gasteiger partial charge in [0.2, 0.25) is 0 Å². The lowest BCUT2D eigenvalue weighted by Gasteiger charge is -2.43. The van der Waals surface area contributed by atoms with E-state index in [0.29, 0.717) is 5.41 Å². The number of nitrogens with one attached hydrogen (secondary N) is 1. The molecule has 126 valence electrons. The second kappa shape index (κ2) is 9.81. The van der Waals surface area contributed by atoms with Crippen molar-refractivity contribution in [3.8, 4) is 0 Å². The van der Waals surface area contributed by atoms with Crippen LogP contribution >= 0.6 is 0 Å².